The highest BCUT2D eigenvalue weighted by Crippen LogP contribution is 2.21. The predicted octanol–water partition coefficient (Wildman–Crippen LogP) is -1.83. The zero-order chi connectivity index (χ0) is 17.8. The summed E-state index contributed by atoms with van der Waals surface area (Å²) in [4.78, 5) is 54.1. The van der Waals surface area contributed by atoms with E-state index < -0.39 is 23.8 Å². The smallest absolute Gasteiger partial charge is 0.319 e. The van der Waals surface area contributed by atoms with Gasteiger partial charge in [-0.15, -0.1) is 11.8 Å². The van der Waals surface area contributed by atoms with Crippen molar-refractivity contribution in [2.24, 2.45) is 0 Å². The molecule has 0 radical (unpaired) electrons. The van der Waals surface area contributed by atoms with Crippen LogP contribution in [0.5, 0.6) is 0 Å². The van der Waals surface area contributed by atoms with Gasteiger partial charge in [0.15, 0.2) is 0 Å². The van der Waals surface area contributed by atoms with Crippen LogP contribution in [0.3, 0.4) is 0 Å². The molecule has 4 amide bonds. The number of imide groups is 1. The summed E-state index contributed by atoms with van der Waals surface area (Å²) in [7, 11) is 0. The largest absolute Gasteiger partial charge is 0.378 e. The van der Waals surface area contributed by atoms with E-state index in [2.05, 4.69) is 0 Å². The molecular weight excluding hydrogens is 350 g/mol. The van der Waals surface area contributed by atoms with Gasteiger partial charge in [0.05, 0.1) is 32.2 Å². The van der Waals surface area contributed by atoms with E-state index in [1.54, 1.807) is 4.90 Å². The van der Waals surface area contributed by atoms with Gasteiger partial charge in [-0.1, -0.05) is 0 Å². The molecule has 3 aliphatic rings. The topological polar surface area (TPSA) is 96.5 Å². The first-order valence-electron chi connectivity index (χ1n) is 8.27. The fraction of sp³-hybridized carbons (Fsp3) is 0.733. The van der Waals surface area contributed by atoms with Crippen LogP contribution in [0.25, 0.3) is 0 Å². The fourth-order valence-electron chi connectivity index (χ4n) is 3.01. The van der Waals surface area contributed by atoms with Gasteiger partial charge in [-0.3, -0.25) is 24.1 Å². The molecule has 3 saturated heterocycles. The Labute approximate surface area is 149 Å². The molecule has 0 N–H and O–H groups in total. The molecule has 0 bridgehead atoms. The highest BCUT2D eigenvalue weighted by molar-refractivity contribution is 8.00. The van der Waals surface area contributed by atoms with Crippen LogP contribution >= 0.6 is 11.8 Å². The Bertz CT molecular complexity index is 559. The summed E-state index contributed by atoms with van der Waals surface area (Å²) in [5, 5.41) is 0. The van der Waals surface area contributed by atoms with E-state index in [9.17, 15) is 19.2 Å². The monoisotopic (exact) mass is 371 g/mol. The zero-order valence-electron chi connectivity index (χ0n) is 13.8. The summed E-state index contributed by atoms with van der Waals surface area (Å²) in [5.74, 6) is -2.05. The number of nitrogens with zero attached hydrogens (tertiary/aromatic N) is 3. The molecule has 0 aromatic rings. The van der Waals surface area contributed by atoms with Crippen LogP contribution in [0.4, 0.5) is 0 Å². The van der Waals surface area contributed by atoms with E-state index in [0.717, 1.165) is 4.90 Å². The number of carbonyl (C=O) groups is 4. The Hall–Kier alpha value is -1.65. The van der Waals surface area contributed by atoms with Crippen molar-refractivity contribution in [3.05, 3.63) is 0 Å². The Kier molecular flexibility index (Phi) is 5.92. The van der Waals surface area contributed by atoms with Gasteiger partial charge >= 0.3 is 11.8 Å². The lowest BCUT2D eigenvalue weighted by atomic mass is 10.2. The maximum atomic E-state index is 12.8. The third-order valence-corrected chi connectivity index (χ3v) is 5.39. The van der Waals surface area contributed by atoms with Crippen molar-refractivity contribution in [3.8, 4) is 0 Å². The van der Waals surface area contributed by atoms with E-state index in [4.69, 9.17) is 9.47 Å². The van der Waals surface area contributed by atoms with Crippen molar-refractivity contribution < 1.29 is 28.7 Å². The van der Waals surface area contributed by atoms with Gasteiger partial charge in [-0.25, -0.2) is 0 Å². The first-order valence-corrected chi connectivity index (χ1v) is 9.42. The summed E-state index contributed by atoms with van der Waals surface area (Å²) >= 11 is 1.30. The summed E-state index contributed by atoms with van der Waals surface area (Å²) in [6, 6.07) is -0.929. The Balaban J connectivity index is 1.74. The molecule has 0 aromatic carbocycles. The van der Waals surface area contributed by atoms with E-state index in [0.29, 0.717) is 58.4 Å². The minimum atomic E-state index is -0.929. The molecule has 0 saturated carbocycles. The van der Waals surface area contributed by atoms with E-state index in [-0.39, 0.29) is 11.7 Å². The van der Waals surface area contributed by atoms with Crippen molar-refractivity contribution in [2.75, 3.05) is 64.1 Å². The third kappa shape index (κ3) is 3.96. The molecule has 3 fully saturated rings. The molecule has 0 aromatic heterocycles. The SMILES string of the molecule is O=C(C(=O)N1C(=O)CSCC1C(=O)N1CCOCC1)N1CCOCC1. The Morgan fingerprint density at radius 2 is 1.44 bits per heavy atom. The lowest BCUT2D eigenvalue weighted by molar-refractivity contribution is -0.163. The second kappa shape index (κ2) is 8.15. The van der Waals surface area contributed by atoms with Crippen LogP contribution in [0.2, 0.25) is 0 Å². The minimum absolute atomic E-state index is 0.0923. The molecule has 3 aliphatic heterocycles. The van der Waals surface area contributed by atoms with Gasteiger partial charge in [-0.05, 0) is 0 Å². The van der Waals surface area contributed by atoms with Crippen molar-refractivity contribution in [1.29, 1.82) is 0 Å². The molecule has 9 nitrogen and oxygen atoms in total. The normalized spacial score (nSPS) is 25.0. The fourth-order valence-corrected chi connectivity index (χ4v) is 3.96. The number of thioether (sulfide) groups is 1. The van der Waals surface area contributed by atoms with Crippen LogP contribution in [-0.2, 0) is 28.7 Å². The van der Waals surface area contributed by atoms with Crippen LogP contribution in [0, 0.1) is 0 Å². The van der Waals surface area contributed by atoms with Gasteiger partial charge in [0.25, 0.3) is 0 Å². The van der Waals surface area contributed by atoms with Gasteiger partial charge < -0.3 is 19.3 Å². The van der Waals surface area contributed by atoms with Gasteiger partial charge in [0.2, 0.25) is 11.8 Å². The van der Waals surface area contributed by atoms with Gasteiger partial charge in [0.1, 0.15) is 6.04 Å². The average Bonchev–Trinajstić information content (AvgIpc) is 2.67. The van der Waals surface area contributed by atoms with Crippen LogP contribution < -0.4 is 0 Å². The third-order valence-electron chi connectivity index (χ3n) is 4.39. The molecular formula is C15H21N3O6S. The molecule has 0 aliphatic carbocycles. The lowest BCUT2D eigenvalue weighted by Gasteiger charge is -2.37. The minimum Gasteiger partial charge on any atom is -0.378 e. The Morgan fingerprint density at radius 1 is 0.880 bits per heavy atom. The van der Waals surface area contributed by atoms with E-state index >= 15 is 0 Å². The molecule has 1 atom stereocenters. The predicted molar refractivity (Wildman–Crippen MR) is 87.8 cm³/mol. The van der Waals surface area contributed by atoms with Crippen molar-refractivity contribution in [3.63, 3.8) is 0 Å². The molecule has 1 unspecified atom stereocenters. The summed E-state index contributed by atoms with van der Waals surface area (Å²) in [6.45, 7) is 3.05. The number of amides is 4. The summed E-state index contributed by atoms with van der Waals surface area (Å²) in [6.07, 6.45) is 0. The number of ether oxygens (including phenoxy) is 2. The second-order valence-electron chi connectivity index (χ2n) is 5.94. The Morgan fingerprint density at radius 3 is 2.04 bits per heavy atom. The number of morpholine rings is 2. The van der Waals surface area contributed by atoms with Crippen LogP contribution in [-0.4, -0.2) is 108 Å². The zero-order valence-corrected chi connectivity index (χ0v) is 14.7. The summed E-state index contributed by atoms with van der Waals surface area (Å²) in [5.41, 5.74) is 0. The number of hydrogen-bond donors (Lipinski definition) is 0. The maximum Gasteiger partial charge on any atom is 0.319 e. The highest BCUT2D eigenvalue weighted by Gasteiger charge is 2.43. The van der Waals surface area contributed by atoms with Gasteiger partial charge in [0, 0.05) is 31.9 Å². The molecule has 10 heteroatoms. The molecule has 25 heavy (non-hydrogen) atoms. The second-order valence-corrected chi connectivity index (χ2v) is 6.97. The first kappa shape index (κ1) is 18.2. The molecule has 138 valence electrons. The summed E-state index contributed by atoms with van der Waals surface area (Å²) < 4.78 is 10.4. The maximum absolute atomic E-state index is 12.8. The van der Waals surface area contributed by atoms with E-state index in [1.807, 2.05) is 0 Å². The van der Waals surface area contributed by atoms with Crippen molar-refractivity contribution in [1.82, 2.24) is 14.7 Å². The number of hydrogen-bond acceptors (Lipinski definition) is 7. The standard InChI is InChI=1S/C15H21N3O6S/c19-12-10-25-9-11(13(20)16-1-5-23-6-2-16)18(12)15(22)14(21)17-3-7-24-8-4-17/h11H,1-10H2. The lowest BCUT2D eigenvalue weighted by Crippen LogP contribution is -2.61. The highest BCUT2D eigenvalue weighted by atomic mass is 32.2. The number of carbonyl (C=O) groups excluding carboxylic acids is 4. The first-order chi connectivity index (χ1) is 12.1. The number of rotatable bonds is 1. The molecule has 0 spiro atoms. The van der Waals surface area contributed by atoms with Crippen molar-refractivity contribution in [2.45, 2.75) is 6.04 Å². The molecule has 3 rings (SSSR count). The van der Waals surface area contributed by atoms with Crippen LogP contribution in [0.15, 0.2) is 0 Å². The average molecular weight is 371 g/mol. The van der Waals surface area contributed by atoms with Crippen LogP contribution in [0.1, 0.15) is 0 Å². The van der Waals surface area contributed by atoms with Crippen molar-refractivity contribution >= 4 is 35.4 Å². The van der Waals surface area contributed by atoms with Gasteiger partial charge in [-0.2, -0.15) is 0 Å². The quantitative estimate of drug-likeness (QED) is 0.501. The van der Waals surface area contributed by atoms with E-state index in [1.165, 1.54) is 16.7 Å². The molecule has 3 heterocycles.